The topological polar surface area (TPSA) is 38.7 Å². The van der Waals surface area contributed by atoms with Crippen molar-refractivity contribution in [3.05, 3.63) is 0 Å². The van der Waals surface area contributed by atoms with Crippen molar-refractivity contribution >= 4 is 0 Å². The molecule has 2 unspecified atom stereocenters. The minimum Gasteiger partial charge on any atom is -0.396 e. The lowest BCUT2D eigenvalue weighted by Gasteiger charge is -2.10. The van der Waals surface area contributed by atoms with Gasteiger partial charge in [-0.2, -0.15) is 0 Å². The molecule has 0 aromatic carbocycles. The van der Waals surface area contributed by atoms with Gasteiger partial charge in [0.15, 0.2) is 0 Å². The predicted molar refractivity (Wildman–Crippen MR) is 111 cm³/mol. The average Bonchev–Trinajstić information content (AvgIpc) is 3.10. The molecule has 156 valence electrons. The fourth-order valence-corrected chi connectivity index (χ4v) is 3.90. The van der Waals surface area contributed by atoms with Crippen LogP contribution in [0.5, 0.6) is 0 Å². The summed E-state index contributed by atoms with van der Waals surface area (Å²) in [4.78, 5) is 0. The first-order valence-electron chi connectivity index (χ1n) is 11.7. The van der Waals surface area contributed by atoms with Crippen molar-refractivity contribution in [2.75, 3.05) is 26.4 Å². The Balaban J connectivity index is 1.79. The van der Waals surface area contributed by atoms with Gasteiger partial charge in [0.2, 0.25) is 0 Å². The van der Waals surface area contributed by atoms with E-state index in [-0.39, 0.29) is 6.61 Å². The summed E-state index contributed by atoms with van der Waals surface area (Å²) in [5, 5.41) is 8.74. The van der Waals surface area contributed by atoms with Crippen molar-refractivity contribution in [2.24, 2.45) is 5.92 Å². The average molecular weight is 371 g/mol. The standard InChI is InChI=1S/C23H46O3/c1-2-3-4-5-6-7-8-9-10-11-12-13-16-22-19-23(26-20-22)21-25-18-15-14-17-24/h22-24H,2-21H2,1H3. The second kappa shape index (κ2) is 18.3. The van der Waals surface area contributed by atoms with E-state index in [9.17, 15) is 0 Å². The van der Waals surface area contributed by atoms with Gasteiger partial charge in [-0.3, -0.25) is 0 Å². The van der Waals surface area contributed by atoms with Gasteiger partial charge in [0.05, 0.1) is 12.7 Å². The number of rotatable bonds is 19. The Labute approximate surface area is 163 Å². The first-order chi connectivity index (χ1) is 12.9. The van der Waals surface area contributed by atoms with Crippen LogP contribution in [-0.2, 0) is 9.47 Å². The Bertz CT molecular complexity index is 283. The lowest BCUT2D eigenvalue weighted by molar-refractivity contribution is 0.0146. The van der Waals surface area contributed by atoms with Crippen LogP contribution in [-0.4, -0.2) is 37.6 Å². The van der Waals surface area contributed by atoms with Crippen LogP contribution >= 0.6 is 0 Å². The maximum atomic E-state index is 8.74. The van der Waals surface area contributed by atoms with Crippen LogP contribution in [0.4, 0.5) is 0 Å². The highest BCUT2D eigenvalue weighted by Crippen LogP contribution is 2.25. The van der Waals surface area contributed by atoms with Gasteiger partial charge in [-0.05, 0) is 31.6 Å². The molecule has 3 nitrogen and oxygen atoms in total. The Kier molecular flexibility index (Phi) is 16.8. The van der Waals surface area contributed by atoms with Gasteiger partial charge in [-0.1, -0.05) is 84.0 Å². The van der Waals surface area contributed by atoms with Crippen molar-refractivity contribution in [1.82, 2.24) is 0 Å². The van der Waals surface area contributed by atoms with Crippen LogP contribution in [0, 0.1) is 5.92 Å². The van der Waals surface area contributed by atoms with E-state index >= 15 is 0 Å². The Morgan fingerprint density at radius 2 is 1.42 bits per heavy atom. The summed E-state index contributed by atoms with van der Waals surface area (Å²) in [7, 11) is 0. The molecule has 0 amide bonds. The van der Waals surface area contributed by atoms with E-state index in [1.54, 1.807) is 0 Å². The van der Waals surface area contributed by atoms with Crippen molar-refractivity contribution in [3.8, 4) is 0 Å². The van der Waals surface area contributed by atoms with Crippen molar-refractivity contribution < 1.29 is 14.6 Å². The van der Waals surface area contributed by atoms with E-state index in [1.807, 2.05) is 0 Å². The fraction of sp³-hybridized carbons (Fsp3) is 1.00. The third-order valence-corrected chi connectivity index (χ3v) is 5.63. The molecule has 1 aliphatic heterocycles. The van der Waals surface area contributed by atoms with Crippen LogP contribution in [0.1, 0.15) is 110 Å². The molecular weight excluding hydrogens is 324 g/mol. The molecule has 0 spiro atoms. The number of ether oxygens (including phenoxy) is 2. The normalized spacial score (nSPS) is 20.1. The molecule has 26 heavy (non-hydrogen) atoms. The molecule has 1 aliphatic rings. The summed E-state index contributed by atoms with van der Waals surface area (Å²) in [6.45, 7) is 4.98. The Hall–Kier alpha value is -0.120. The monoisotopic (exact) mass is 370 g/mol. The molecule has 2 atom stereocenters. The maximum absolute atomic E-state index is 8.74. The summed E-state index contributed by atoms with van der Waals surface area (Å²) in [6.07, 6.45) is 21.7. The quantitative estimate of drug-likeness (QED) is 0.272. The highest BCUT2D eigenvalue weighted by atomic mass is 16.5. The van der Waals surface area contributed by atoms with Gasteiger partial charge in [0, 0.05) is 19.8 Å². The molecule has 1 fully saturated rings. The second-order valence-corrected chi connectivity index (χ2v) is 8.24. The molecule has 1 N–H and O–H groups in total. The summed E-state index contributed by atoms with van der Waals surface area (Å²) >= 11 is 0. The second-order valence-electron chi connectivity index (χ2n) is 8.24. The molecule has 1 saturated heterocycles. The fourth-order valence-electron chi connectivity index (χ4n) is 3.90. The minimum atomic E-state index is 0.268. The van der Waals surface area contributed by atoms with Crippen LogP contribution < -0.4 is 0 Å². The number of hydrogen-bond acceptors (Lipinski definition) is 3. The minimum absolute atomic E-state index is 0.268. The van der Waals surface area contributed by atoms with Gasteiger partial charge in [0.25, 0.3) is 0 Å². The largest absolute Gasteiger partial charge is 0.396 e. The summed E-state index contributed by atoms with van der Waals surface area (Å²) < 4.78 is 11.5. The number of aliphatic hydroxyl groups excluding tert-OH is 1. The van der Waals surface area contributed by atoms with Gasteiger partial charge < -0.3 is 14.6 Å². The Morgan fingerprint density at radius 1 is 0.808 bits per heavy atom. The molecule has 0 aliphatic carbocycles. The van der Waals surface area contributed by atoms with Crippen LogP contribution in [0.25, 0.3) is 0 Å². The van der Waals surface area contributed by atoms with Gasteiger partial charge in [-0.15, -0.1) is 0 Å². The summed E-state index contributed by atoms with van der Waals surface area (Å²) in [5.74, 6) is 0.754. The predicted octanol–water partition coefficient (Wildman–Crippen LogP) is 6.27. The van der Waals surface area contributed by atoms with E-state index in [4.69, 9.17) is 14.6 Å². The first kappa shape index (κ1) is 23.9. The van der Waals surface area contributed by atoms with Crippen molar-refractivity contribution in [3.63, 3.8) is 0 Å². The zero-order chi connectivity index (χ0) is 18.7. The zero-order valence-corrected chi connectivity index (χ0v) is 17.6. The third kappa shape index (κ3) is 14.0. The zero-order valence-electron chi connectivity index (χ0n) is 17.6. The van der Waals surface area contributed by atoms with Crippen LogP contribution in [0.2, 0.25) is 0 Å². The van der Waals surface area contributed by atoms with Gasteiger partial charge in [-0.25, -0.2) is 0 Å². The summed E-state index contributed by atoms with van der Waals surface area (Å²) in [6, 6.07) is 0. The molecule has 0 aromatic heterocycles. The molecule has 0 bridgehead atoms. The molecule has 0 saturated carbocycles. The highest BCUT2D eigenvalue weighted by molar-refractivity contribution is 4.73. The first-order valence-corrected chi connectivity index (χ1v) is 11.7. The Morgan fingerprint density at radius 3 is 2.04 bits per heavy atom. The highest BCUT2D eigenvalue weighted by Gasteiger charge is 2.24. The SMILES string of the molecule is CCCCCCCCCCCCCCC1COC(COCCCCO)C1. The molecule has 0 aromatic rings. The smallest absolute Gasteiger partial charge is 0.0812 e. The lowest BCUT2D eigenvalue weighted by Crippen LogP contribution is -2.15. The van der Waals surface area contributed by atoms with E-state index in [0.29, 0.717) is 6.10 Å². The molecule has 1 rings (SSSR count). The summed E-state index contributed by atoms with van der Waals surface area (Å²) in [5.41, 5.74) is 0. The molecule has 3 heteroatoms. The van der Waals surface area contributed by atoms with Crippen molar-refractivity contribution in [2.45, 2.75) is 116 Å². The van der Waals surface area contributed by atoms with Crippen LogP contribution in [0.15, 0.2) is 0 Å². The van der Waals surface area contributed by atoms with Gasteiger partial charge in [0.1, 0.15) is 0 Å². The van der Waals surface area contributed by atoms with E-state index in [2.05, 4.69) is 6.92 Å². The van der Waals surface area contributed by atoms with E-state index in [0.717, 1.165) is 38.6 Å². The molecule has 0 radical (unpaired) electrons. The number of hydrogen-bond donors (Lipinski definition) is 1. The number of aliphatic hydroxyl groups is 1. The lowest BCUT2D eigenvalue weighted by atomic mass is 9.97. The third-order valence-electron chi connectivity index (χ3n) is 5.63. The molecule has 1 heterocycles. The van der Waals surface area contributed by atoms with Gasteiger partial charge >= 0.3 is 0 Å². The molecular formula is C23H46O3. The van der Waals surface area contributed by atoms with E-state index in [1.165, 1.54) is 89.9 Å². The maximum Gasteiger partial charge on any atom is 0.0812 e. The van der Waals surface area contributed by atoms with Crippen LogP contribution in [0.3, 0.4) is 0 Å². The number of unbranched alkanes of at least 4 members (excludes halogenated alkanes) is 12. The van der Waals surface area contributed by atoms with E-state index < -0.39 is 0 Å². The van der Waals surface area contributed by atoms with Crippen molar-refractivity contribution in [1.29, 1.82) is 0 Å².